The second kappa shape index (κ2) is 8.79. The van der Waals surface area contributed by atoms with Crippen LogP contribution in [0.2, 0.25) is 5.02 Å². The first-order valence-corrected chi connectivity index (χ1v) is 9.77. The molecule has 0 heterocycles. The van der Waals surface area contributed by atoms with Crippen molar-refractivity contribution < 1.29 is 4.79 Å². The van der Waals surface area contributed by atoms with Gasteiger partial charge in [-0.05, 0) is 68.7 Å². The van der Waals surface area contributed by atoms with Crippen molar-refractivity contribution in [3.05, 3.63) is 29.3 Å². The molecule has 3 atom stereocenters. The summed E-state index contributed by atoms with van der Waals surface area (Å²) in [4.78, 5) is 13.7. The number of nitrogens with two attached hydrogens (primary N) is 1. The van der Waals surface area contributed by atoms with E-state index in [0.29, 0.717) is 23.9 Å². The Morgan fingerprint density at radius 2 is 1.83 bits per heavy atom. The molecule has 3 nitrogen and oxygen atoms in total. The Labute approximate surface area is 159 Å². The number of hydrogen-bond donors (Lipinski definition) is 2. The van der Waals surface area contributed by atoms with Gasteiger partial charge in [0.15, 0.2) is 0 Å². The number of rotatable bonds is 4. The number of amides is 1. The van der Waals surface area contributed by atoms with Crippen molar-refractivity contribution in [2.45, 2.75) is 61.3 Å². The van der Waals surface area contributed by atoms with Gasteiger partial charge in [-0.25, -0.2) is 0 Å². The summed E-state index contributed by atoms with van der Waals surface area (Å²) in [5.41, 5.74) is 6.16. The fourth-order valence-corrected chi connectivity index (χ4v) is 5.08. The van der Waals surface area contributed by atoms with Crippen LogP contribution in [-0.2, 0) is 4.79 Å². The first-order valence-electron chi connectivity index (χ1n) is 8.51. The second-order valence-electron chi connectivity index (χ2n) is 6.93. The summed E-state index contributed by atoms with van der Waals surface area (Å²) >= 11 is 7.49. The van der Waals surface area contributed by atoms with Gasteiger partial charge in [-0.3, -0.25) is 4.79 Å². The Balaban J connectivity index is 0.00000208. The number of halogens is 2. The van der Waals surface area contributed by atoms with Gasteiger partial charge in [-0.1, -0.05) is 18.0 Å². The highest BCUT2D eigenvalue weighted by Crippen LogP contribution is 2.40. The van der Waals surface area contributed by atoms with Crippen molar-refractivity contribution in [1.82, 2.24) is 5.32 Å². The average Bonchev–Trinajstić information content (AvgIpc) is 2.50. The molecule has 134 valence electrons. The number of carbonyl (C=O) groups excluding carboxylic acids is 1. The first-order chi connectivity index (χ1) is 11.0. The normalized spacial score (nSPS) is 30.1. The molecule has 0 aliphatic heterocycles. The van der Waals surface area contributed by atoms with Crippen LogP contribution in [0.3, 0.4) is 0 Å². The van der Waals surface area contributed by atoms with Crippen molar-refractivity contribution in [1.29, 1.82) is 0 Å². The van der Waals surface area contributed by atoms with Gasteiger partial charge >= 0.3 is 0 Å². The van der Waals surface area contributed by atoms with Crippen LogP contribution in [0.1, 0.15) is 39.0 Å². The third-order valence-electron chi connectivity index (χ3n) is 5.18. The maximum Gasteiger partial charge on any atom is 0.233 e. The van der Waals surface area contributed by atoms with Gasteiger partial charge in [0.05, 0.1) is 5.25 Å². The first kappa shape index (κ1) is 19.9. The molecule has 0 spiro atoms. The molecule has 24 heavy (non-hydrogen) atoms. The number of thioether (sulfide) groups is 1. The van der Waals surface area contributed by atoms with Gasteiger partial charge in [0.1, 0.15) is 0 Å². The molecule has 0 radical (unpaired) electrons. The lowest BCUT2D eigenvalue weighted by Gasteiger charge is -2.45. The van der Waals surface area contributed by atoms with Crippen LogP contribution in [0.5, 0.6) is 0 Å². The van der Waals surface area contributed by atoms with Crippen molar-refractivity contribution in [2.24, 2.45) is 17.6 Å². The Bertz CT molecular complexity index is 540. The van der Waals surface area contributed by atoms with Crippen molar-refractivity contribution in [3.8, 4) is 0 Å². The summed E-state index contributed by atoms with van der Waals surface area (Å²) in [5.74, 6) is 1.27. The zero-order valence-corrected chi connectivity index (χ0v) is 16.3. The average molecular weight is 389 g/mol. The molecule has 3 unspecified atom stereocenters. The summed E-state index contributed by atoms with van der Waals surface area (Å²) in [7, 11) is 0. The monoisotopic (exact) mass is 388 g/mol. The van der Waals surface area contributed by atoms with Gasteiger partial charge in [0, 0.05) is 22.0 Å². The molecule has 2 fully saturated rings. The summed E-state index contributed by atoms with van der Waals surface area (Å²) in [6, 6.07) is 8.29. The Hall–Kier alpha value is -0.420. The zero-order chi connectivity index (χ0) is 16.4. The third kappa shape index (κ3) is 4.81. The highest BCUT2D eigenvalue weighted by molar-refractivity contribution is 8.00. The maximum absolute atomic E-state index is 12.6. The van der Waals surface area contributed by atoms with E-state index in [-0.39, 0.29) is 23.6 Å². The van der Waals surface area contributed by atoms with Crippen LogP contribution in [0.4, 0.5) is 0 Å². The number of benzene rings is 1. The van der Waals surface area contributed by atoms with E-state index in [4.69, 9.17) is 17.3 Å². The van der Waals surface area contributed by atoms with Crippen molar-refractivity contribution in [2.75, 3.05) is 0 Å². The molecule has 0 aromatic heterocycles. The van der Waals surface area contributed by atoms with Crippen molar-refractivity contribution >= 4 is 41.7 Å². The molecule has 1 aromatic carbocycles. The number of fused-ring (bicyclic) bond motifs is 2. The van der Waals surface area contributed by atoms with E-state index in [1.54, 1.807) is 11.8 Å². The number of nitrogens with one attached hydrogen (secondary N) is 1. The Kier molecular flexibility index (Phi) is 7.29. The number of hydrogen-bond acceptors (Lipinski definition) is 3. The van der Waals surface area contributed by atoms with Crippen molar-refractivity contribution in [3.63, 3.8) is 0 Å². The van der Waals surface area contributed by atoms with Gasteiger partial charge < -0.3 is 11.1 Å². The van der Waals surface area contributed by atoms with Crippen LogP contribution in [0.25, 0.3) is 0 Å². The quantitative estimate of drug-likeness (QED) is 0.757. The fourth-order valence-electron chi connectivity index (χ4n) is 4.08. The smallest absolute Gasteiger partial charge is 0.233 e. The molecule has 1 aromatic rings. The minimum atomic E-state index is -0.104. The summed E-state index contributed by atoms with van der Waals surface area (Å²) < 4.78 is 0. The molecule has 1 amide bonds. The predicted molar refractivity (Wildman–Crippen MR) is 104 cm³/mol. The SMILES string of the molecule is CC(Sc1ccc(Cl)cc1)C(=O)NC1C2CCCC1CC(N)C2.Cl. The van der Waals surface area contributed by atoms with Crippen LogP contribution in [0.15, 0.2) is 29.2 Å². The summed E-state index contributed by atoms with van der Waals surface area (Å²) in [6.45, 7) is 1.97. The van der Waals surface area contributed by atoms with E-state index < -0.39 is 0 Å². The van der Waals surface area contributed by atoms with E-state index in [1.165, 1.54) is 19.3 Å². The second-order valence-corrected chi connectivity index (χ2v) is 8.78. The lowest BCUT2D eigenvalue weighted by Crippen LogP contribution is -2.54. The van der Waals surface area contributed by atoms with E-state index in [2.05, 4.69) is 5.32 Å². The molecular weight excluding hydrogens is 363 g/mol. The van der Waals surface area contributed by atoms with Crippen LogP contribution in [0, 0.1) is 11.8 Å². The molecule has 3 N–H and O–H groups in total. The fraction of sp³-hybridized carbons (Fsp3) is 0.611. The summed E-state index contributed by atoms with van der Waals surface area (Å²) in [6.07, 6.45) is 5.80. The van der Waals surface area contributed by atoms with Gasteiger partial charge in [0.25, 0.3) is 0 Å². The molecule has 3 rings (SSSR count). The molecule has 2 bridgehead atoms. The van der Waals surface area contributed by atoms with E-state index >= 15 is 0 Å². The lowest BCUT2D eigenvalue weighted by molar-refractivity contribution is -0.122. The Morgan fingerprint density at radius 3 is 2.42 bits per heavy atom. The Morgan fingerprint density at radius 1 is 1.25 bits per heavy atom. The van der Waals surface area contributed by atoms with Crippen LogP contribution in [-0.4, -0.2) is 23.2 Å². The van der Waals surface area contributed by atoms with E-state index in [0.717, 1.165) is 22.8 Å². The van der Waals surface area contributed by atoms with Gasteiger partial charge in [0.2, 0.25) is 5.91 Å². The topological polar surface area (TPSA) is 55.1 Å². The number of carbonyl (C=O) groups is 1. The molecule has 0 saturated heterocycles. The standard InChI is InChI=1S/C18H25ClN2OS.ClH/c1-11(23-16-7-5-14(19)6-8-16)18(22)21-17-12-3-2-4-13(17)10-15(20)9-12;/h5-8,11-13,15,17H,2-4,9-10,20H2,1H3,(H,21,22);1H. The summed E-state index contributed by atoms with van der Waals surface area (Å²) in [5, 5.41) is 3.95. The van der Waals surface area contributed by atoms with Gasteiger partial charge in [-0.2, -0.15) is 0 Å². The zero-order valence-electron chi connectivity index (χ0n) is 13.9. The molecular formula is C18H26Cl2N2OS. The van der Waals surface area contributed by atoms with E-state index in [9.17, 15) is 4.79 Å². The molecule has 2 aliphatic carbocycles. The minimum absolute atomic E-state index is 0. The van der Waals surface area contributed by atoms with Crippen LogP contribution < -0.4 is 11.1 Å². The van der Waals surface area contributed by atoms with E-state index in [1.807, 2.05) is 31.2 Å². The molecule has 2 aliphatic rings. The van der Waals surface area contributed by atoms with Gasteiger partial charge in [-0.15, -0.1) is 24.2 Å². The highest BCUT2D eigenvalue weighted by atomic mass is 35.5. The van der Waals surface area contributed by atoms with Crippen LogP contribution >= 0.6 is 35.8 Å². The maximum atomic E-state index is 12.6. The largest absolute Gasteiger partial charge is 0.352 e. The highest BCUT2D eigenvalue weighted by Gasteiger charge is 2.40. The molecule has 6 heteroatoms. The minimum Gasteiger partial charge on any atom is -0.352 e. The predicted octanol–water partition coefficient (Wildman–Crippen LogP) is 4.26. The molecule has 2 saturated carbocycles. The third-order valence-corrected chi connectivity index (χ3v) is 6.55. The lowest BCUT2D eigenvalue weighted by atomic mass is 9.67.